The molecule has 10 atom stereocenters. The molecule has 0 amide bonds. The second kappa shape index (κ2) is 14.5. The topological polar surface area (TPSA) is 126 Å². The zero-order valence-corrected chi connectivity index (χ0v) is 25.7. The van der Waals surface area contributed by atoms with Crippen molar-refractivity contribution < 1.29 is 57.0 Å². The molecular weight excluding hydrogens is 612 g/mol. The second-order valence-electron chi connectivity index (χ2n) is 11.6. The number of carbonyl (C=O) groups is 2. The molecule has 4 fully saturated rings. The van der Waals surface area contributed by atoms with Crippen molar-refractivity contribution in [2.75, 3.05) is 20.3 Å². The van der Waals surface area contributed by atoms with Crippen molar-refractivity contribution in [3.8, 4) is 0 Å². The maximum atomic E-state index is 12.7. The molecule has 0 N–H and O–H groups in total. The van der Waals surface area contributed by atoms with Gasteiger partial charge in [0.05, 0.1) is 18.8 Å². The lowest BCUT2D eigenvalue weighted by molar-refractivity contribution is -0.385. The highest BCUT2D eigenvalue weighted by Crippen LogP contribution is 2.39. The monoisotopic (exact) mass is 648 g/mol. The van der Waals surface area contributed by atoms with Crippen LogP contribution in [0.25, 0.3) is 0 Å². The van der Waals surface area contributed by atoms with E-state index in [1.54, 1.807) is 30.3 Å². The molecule has 0 spiro atoms. The van der Waals surface area contributed by atoms with Gasteiger partial charge in [-0.15, -0.1) is 0 Å². The SMILES string of the molecule is CO[C@H]1O[C@@H]2COC(c3ccccc3)O[C@H]2[C@H](O[C@@H]2C[C@H]3OC(=O)O[C@H]3[C@@H](COC(=O)c3ccccc3)O2)[C@H]1OCc1ccccc1. The summed E-state index contributed by atoms with van der Waals surface area (Å²) in [7, 11) is 1.53. The van der Waals surface area contributed by atoms with Gasteiger partial charge in [-0.3, -0.25) is 0 Å². The summed E-state index contributed by atoms with van der Waals surface area (Å²) in [5.41, 5.74) is 2.17. The van der Waals surface area contributed by atoms with Gasteiger partial charge in [0.25, 0.3) is 0 Å². The number of hydrogen-bond acceptors (Lipinski definition) is 12. The fraction of sp³-hybridized carbons (Fsp3) is 0.429. The van der Waals surface area contributed by atoms with Gasteiger partial charge < -0.3 is 47.4 Å². The molecule has 0 aromatic heterocycles. The third kappa shape index (κ3) is 7.19. The van der Waals surface area contributed by atoms with Crippen LogP contribution in [0.15, 0.2) is 91.0 Å². The number of hydrogen-bond donors (Lipinski definition) is 0. The molecule has 0 aliphatic carbocycles. The predicted octanol–water partition coefficient (Wildman–Crippen LogP) is 4.32. The van der Waals surface area contributed by atoms with Gasteiger partial charge in [-0.05, 0) is 17.7 Å². The van der Waals surface area contributed by atoms with Gasteiger partial charge >= 0.3 is 12.1 Å². The number of rotatable bonds is 10. The average molecular weight is 649 g/mol. The summed E-state index contributed by atoms with van der Waals surface area (Å²) in [5, 5.41) is 0. The molecule has 0 radical (unpaired) electrons. The lowest BCUT2D eigenvalue weighted by Crippen LogP contribution is -2.64. The molecule has 0 saturated carbocycles. The largest absolute Gasteiger partial charge is 0.509 e. The quantitative estimate of drug-likeness (QED) is 0.291. The van der Waals surface area contributed by atoms with Gasteiger partial charge in [0.2, 0.25) is 0 Å². The summed E-state index contributed by atoms with van der Waals surface area (Å²) >= 11 is 0. The van der Waals surface area contributed by atoms with Crippen LogP contribution < -0.4 is 0 Å². The van der Waals surface area contributed by atoms with Gasteiger partial charge in [0.1, 0.15) is 43.2 Å². The van der Waals surface area contributed by atoms with E-state index in [-0.39, 0.29) is 26.2 Å². The zero-order chi connectivity index (χ0) is 32.2. The molecule has 4 aliphatic rings. The maximum absolute atomic E-state index is 12.7. The Balaban J connectivity index is 1.13. The smallest absolute Gasteiger partial charge is 0.459 e. The number of esters is 1. The fourth-order valence-electron chi connectivity index (χ4n) is 6.25. The van der Waals surface area contributed by atoms with E-state index in [0.29, 0.717) is 5.56 Å². The van der Waals surface area contributed by atoms with Crippen LogP contribution >= 0.6 is 0 Å². The Bertz CT molecular complexity index is 1470. The highest BCUT2D eigenvalue weighted by atomic mass is 16.8. The number of benzene rings is 3. The first-order valence-electron chi connectivity index (χ1n) is 15.6. The van der Waals surface area contributed by atoms with Crippen molar-refractivity contribution in [3.63, 3.8) is 0 Å². The minimum absolute atomic E-state index is 0.163. The summed E-state index contributed by atoms with van der Waals surface area (Å²) in [6, 6.07) is 27.9. The summed E-state index contributed by atoms with van der Waals surface area (Å²) in [4.78, 5) is 24.9. The Kier molecular flexibility index (Phi) is 9.77. The molecule has 4 aliphatic heterocycles. The average Bonchev–Trinajstić information content (AvgIpc) is 3.50. The second-order valence-corrected chi connectivity index (χ2v) is 11.6. The van der Waals surface area contributed by atoms with Crippen molar-refractivity contribution >= 4 is 12.1 Å². The molecule has 7 rings (SSSR count). The minimum atomic E-state index is -0.920. The number of methoxy groups -OCH3 is 1. The molecule has 3 aromatic rings. The first-order valence-corrected chi connectivity index (χ1v) is 15.6. The van der Waals surface area contributed by atoms with E-state index in [1.165, 1.54) is 7.11 Å². The van der Waals surface area contributed by atoms with Crippen LogP contribution in [-0.2, 0) is 54.0 Å². The van der Waals surface area contributed by atoms with Gasteiger partial charge in [-0.2, -0.15) is 0 Å². The lowest BCUT2D eigenvalue weighted by atomic mass is 9.96. The lowest BCUT2D eigenvalue weighted by Gasteiger charge is -2.49. The standard InChI is InChI=1S/C35H36O12/c1-38-34-31(39-18-21-11-5-2-6-12-21)30(29-26(43-34)20-41-33(46-29)23-15-9-4-10-16-23)45-27-17-24-28(47-35(37)44-24)25(42-27)19-40-32(36)22-13-7-3-8-14-22/h2-16,24-31,33-34H,17-20H2,1H3/t24-,25-,26-,27-,28-,29-,30+,31-,33?,34+/m1/s1. The summed E-state index contributed by atoms with van der Waals surface area (Å²) in [6.07, 6.45) is -8.14. The van der Waals surface area contributed by atoms with Gasteiger partial charge in [-0.25, -0.2) is 9.59 Å². The molecule has 12 heteroatoms. The van der Waals surface area contributed by atoms with Crippen LogP contribution in [0.1, 0.15) is 34.2 Å². The fourth-order valence-corrected chi connectivity index (χ4v) is 6.25. The molecule has 248 valence electrons. The van der Waals surface area contributed by atoms with Crippen LogP contribution in [0.4, 0.5) is 4.79 Å². The van der Waals surface area contributed by atoms with Crippen LogP contribution in [-0.4, -0.2) is 87.8 Å². The Morgan fingerprint density at radius 1 is 0.809 bits per heavy atom. The van der Waals surface area contributed by atoms with E-state index in [0.717, 1.165) is 11.1 Å². The van der Waals surface area contributed by atoms with Crippen LogP contribution in [0, 0.1) is 0 Å². The Morgan fingerprint density at radius 3 is 2.28 bits per heavy atom. The van der Waals surface area contributed by atoms with Crippen LogP contribution in [0.5, 0.6) is 0 Å². The normalized spacial score (nSPS) is 33.2. The Labute approximate surface area is 271 Å². The van der Waals surface area contributed by atoms with E-state index in [2.05, 4.69) is 0 Å². The van der Waals surface area contributed by atoms with Crippen molar-refractivity contribution in [1.29, 1.82) is 0 Å². The van der Waals surface area contributed by atoms with Crippen LogP contribution in [0.3, 0.4) is 0 Å². The van der Waals surface area contributed by atoms with E-state index >= 15 is 0 Å². The number of ether oxygens (including phenoxy) is 10. The van der Waals surface area contributed by atoms with Crippen molar-refractivity contribution in [2.45, 2.75) is 74.6 Å². The highest BCUT2D eigenvalue weighted by molar-refractivity contribution is 5.89. The van der Waals surface area contributed by atoms with E-state index in [1.807, 2.05) is 60.7 Å². The maximum Gasteiger partial charge on any atom is 0.509 e. The Morgan fingerprint density at radius 2 is 1.53 bits per heavy atom. The third-order valence-electron chi connectivity index (χ3n) is 8.53. The first kappa shape index (κ1) is 31.7. The van der Waals surface area contributed by atoms with Gasteiger partial charge in [0, 0.05) is 19.1 Å². The number of fused-ring (bicyclic) bond motifs is 2. The molecule has 4 saturated heterocycles. The predicted molar refractivity (Wildman–Crippen MR) is 161 cm³/mol. The van der Waals surface area contributed by atoms with E-state index < -0.39 is 73.7 Å². The van der Waals surface area contributed by atoms with Crippen molar-refractivity contribution in [2.24, 2.45) is 0 Å². The van der Waals surface area contributed by atoms with E-state index in [4.69, 9.17) is 47.4 Å². The molecule has 1 unspecified atom stereocenters. The van der Waals surface area contributed by atoms with Gasteiger partial charge in [-0.1, -0.05) is 78.9 Å². The molecular formula is C35H36O12. The van der Waals surface area contributed by atoms with Crippen molar-refractivity contribution in [3.05, 3.63) is 108 Å². The minimum Gasteiger partial charge on any atom is -0.459 e. The van der Waals surface area contributed by atoms with Gasteiger partial charge in [0.15, 0.2) is 25.0 Å². The molecule has 4 heterocycles. The number of carbonyl (C=O) groups excluding carboxylic acids is 2. The highest BCUT2D eigenvalue weighted by Gasteiger charge is 2.55. The molecule has 47 heavy (non-hydrogen) atoms. The molecule has 12 nitrogen and oxygen atoms in total. The zero-order valence-electron chi connectivity index (χ0n) is 25.7. The molecule has 3 aromatic carbocycles. The summed E-state index contributed by atoms with van der Waals surface area (Å²) < 4.78 is 60.5. The Hall–Kier alpha value is -3.88. The van der Waals surface area contributed by atoms with Crippen LogP contribution in [0.2, 0.25) is 0 Å². The molecule has 0 bridgehead atoms. The summed E-state index contributed by atoms with van der Waals surface area (Å²) in [6.45, 7) is 0.277. The third-order valence-corrected chi connectivity index (χ3v) is 8.53. The van der Waals surface area contributed by atoms with Crippen molar-refractivity contribution in [1.82, 2.24) is 0 Å². The first-order chi connectivity index (χ1) is 23.1. The summed E-state index contributed by atoms with van der Waals surface area (Å²) in [5.74, 6) is -0.536. The van der Waals surface area contributed by atoms with E-state index in [9.17, 15) is 9.59 Å².